The fraction of sp³-hybridized carbons (Fsp3) is 0.933. The van der Waals surface area contributed by atoms with E-state index in [4.69, 9.17) is 15.2 Å². The van der Waals surface area contributed by atoms with Crippen molar-refractivity contribution in [2.45, 2.75) is 44.2 Å². The quantitative estimate of drug-likeness (QED) is 0.518. The lowest BCUT2D eigenvalue weighted by Crippen LogP contribution is -2.48. The molecule has 148 valence electrons. The molecule has 2 rings (SSSR count). The SMILES string of the molecule is Cl.NC(C(=O)NCCS(=O)(=O)NCC1CCCCO1)C1CCOCC1. The lowest BCUT2D eigenvalue weighted by atomic mass is 9.92. The Morgan fingerprint density at radius 3 is 2.52 bits per heavy atom. The molecule has 2 aliphatic rings. The van der Waals surface area contributed by atoms with E-state index >= 15 is 0 Å². The van der Waals surface area contributed by atoms with Gasteiger partial charge in [-0.05, 0) is 38.0 Å². The van der Waals surface area contributed by atoms with Crippen molar-refractivity contribution in [3.8, 4) is 0 Å². The second-order valence-corrected chi connectivity index (χ2v) is 8.35. The summed E-state index contributed by atoms with van der Waals surface area (Å²) in [6.45, 7) is 2.27. The molecular formula is C15H30ClN3O5S. The topological polar surface area (TPSA) is 120 Å². The Kier molecular flexibility index (Phi) is 10.2. The van der Waals surface area contributed by atoms with E-state index in [1.54, 1.807) is 0 Å². The van der Waals surface area contributed by atoms with Gasteiger partial charge in [-0.3, -0.25) is 4.79 Å². The smallest absolute Gasteiger partial charge is 0.237 e. The summed E-state index contributed by atoms with van der Waals surface area (Å²) in [4.78, 5) is 12.0. The summed E-state index contributed by atoms with van der Waals surface area (Å²) in [7, 11) is -3.43. The van der Waals surface area contributed by atoms with Gasteiger partial charge >= 0.3 is 0 Å². The Hall–Kier alpha value is -0.450. The minimum Gasteiger partial charge on any atom is -0.381 e. The van der Waals surface area contributed by atoms with Gasteiger partial charge in [-0.2, -0.15) is 0 Å². The molecule has 0 aromatic carbocycles. The number of nitrogens with one attached hydrogen (secondary N) is 2. The van der Waals surface area contributed by atoms with Gasteiger partial charge in [0.05, 0.1) is 17.9 Å². The van der Waals surface area contributed by atoms with Crippen LogP contribution in [0, 0.1) is 5.92 Å². The third kappa shape index (κ3) is 8.19. The molecule has 2 heterocycles. The Balaban J connectivity index is 0.00000312. The number of rotatable bonds is 8. The maximum absolute atomic E-state index is 12.0. The summed E-state index contributed by atoms with van der Waals surface area (Å²) in [6.07, 6.45) is 4.44. The van der Waals surface area contributed by atoms with E-state index in [-0.39, 0.29) is 49.2 Å². The van der Waals surface area contributed by atoms with E-state index in [9.17, 15) is 13.2 Å². The average molecular weight is 400 g/mol. The molecule has 0 aromatic rings. The number of carbonyl (C=O) groups excluding carboxylic acids is 1. The highest BCUT2D eigenvalue weighted by molar-refractivity contribution is 7.89. The Bertz CT molecular complexity index is 493. The highest BCUT2D eigenvalue weighted by Crippen LogP contribution is 2.17. The van der Waals surface area contributed by atoms with Crippen molar-refractivity contribution < 1.29 is 22.7 Å². The van der Waals surface area contributed by atoms with Crippen LogP contribution >= 0.6 is 12.4 Å². The van der Waals surface area contributed by atoms with E-state index in [0.717, 1.165) is 32.1 Å². The molecule has 2 unspecified atom stereocenters. The zero-order valence-electron chi connectivity index (χ0n) is 14.4. The molecule has 4 N–H and O–H groups in total. The molecule has 0 saturated carbocycles. The normalized spacial score (nSPS) is 23.5. The van der Waals surface area contributed by atoms with E-state index < -0.39 is 16.1 Å². The molecule has 25 heavy (non-hydrogen) atoms. The van der Waals surface area contributed by atoms with Gasteiger partial charge in [-0.1, -0.05) is 0 Å². The summed E-state index contributed by atoms with van der Waals surface area (Å²) >= 11 is 0. The molecule has 2 atom stereocenters. The van der Waals surface area contributed by atoms with Crippen molar-refractivity contribution in [3.05, 3.63) is 0 Å². The standard InChI is InChI=1S/C15H29N3O5S.ClH/c16-14(12-4-8-22-9-5-12)15(19)17-6-10-24(20,21)18-11-13-3-1-2-7-23-13;/h12-14,18H,1-11,16H2,(H,17,19);1H. The molecule has 0 aliphatic carbocycles. The number of carbonyl (C=O) groups is 1. The fourth-order valence-electron chi connectivity index (χ4n) is 2.98. The van der Waals surface area contributed by atoms with Gasteiger partial charge in [0.2, 0.25) is 15.9 Å². The fourth-order valence-corrected chi connectivity index (χ4v) is 3.93. The van der Waals surface area contributed by atoms with Gasteiger partial charge in [0.15, 0.2) is 0 Å². The van der Waals surface area contributed by atoms with E-state index in [1.807, 2.05) is 0 Å². The van der Waals surface area contributed by atoms with Crippen LogP contribution in [0.3, 0.4) is 0 Å². The first kappa shape index (κ1) is 22.6. The van der Waals surface area contributed by atoms with Crippen molar-refractivity contribution in [2.24, 2.45) is 11.7 Å². The van der Waals surface area contributed by atoms with Gasteiger partial charge < -0.3 is 20.5 Å². The molecule has 2 aliphatic heterocycles. The molecule has 0 bridgehead atoms. The first-order valence-corrected chi connectivity index (χ1v) is 10.3. The molecule has 0 radical (unpaired) electrons. The van der Waals surface area contributed by atoms with Crippen LogP contribution in [0.4, 0.5) is 0 Å². The monoisotopic (exact) mass is 399 g/mol. The van der Waals surface area contributed by atoms with E-state index in [1.165, 1.54) is 0 Å². The van der Waals surface area contributed by atoms with Crippen LogP contribution < -0.4 is 15.8 Å². The summed E-state index contributed by atoms with van der Waals surface area (Å²) < 4.78 is 37.2. The van der Waals surface area contributed by atoms with Crippen molar-refractivity contribution in [3.63, 3.8) is 0 Å². The lowest BCUT2D eigenvalue weighted by Gasteiger charge is -2.26. The maximum Gasteiger partial charge on any atom is 0.237 e. The van der Waals surface area contributed by atoms with Crippen molar-refractivity contribution in [1.82, 2.24) is 10.0 Å². The number of hydrogen-bond donors (Lipinski definition) is 3. The molecule has 8 nitrogen and oxygen atoms in total. The van der Waals surface area contributed by atoms with Crippen LogP contribution in [0.25, 0.3) is 0 Å². The van der Waals surface area contributed by atoms with Gasteiger partial charge in [-0.15, -0.1) is 12.4 Å². The van der Waals surface area contributed by atoms with Gasteiger partial charge in [0, 0.05) is 32.9 Å². The number of amides is 1. The Morgan fingerprint density at radius 2 is 1.88 bits per heavy atom. The van der Waals surface area contributed by atoms with Crippen LogP contribution in [0.1, 0.15) is 32.1 Å². The number of halogens is 1. The first-order valence-electron chi connectivity index (χ1n) is 8.68. The van der Waals surface area contributed by atoms with Crippen molar-refractivity contribution in [2.75, 3.05) is 38.7 Å². The van der Waals surface area contributed by atoms with Crippen LogP contribution in [0.5, 0.6) is 0 Å². The van der Waals surface area contributed by atoms with Gasteiger partial charge in [-0.25, -0.2) is 13.1 Å². The van der Waals surface area contributed by atoms with Gasteiger partial charge in [0.1, 0.15) is 0 Å². The average Bonchev–Trinajstić information content (AvgIpc) is 2.61. The molecule has 2 saturated heterocycles. The van der Waals surface area contributed by atoms with Crippen LogP contribution in [-0.2, 0) is 24.3 Å². The van der Waals surface area contributed by atoms with E-state index in [0.29, 0.717) is 19.8 Å². The minimum absolute atomic E-state index is 0. The summed E-state index contributed by atoms with van der Waals surface area (Å²) in [6, 6.07) is -0.611. The summed E-state index contributed by atoms with van der Waals surface area (Å²) in [5.74, 6) is -0.365. The third-order valence-corrected chi connectivity index (χ3v) is 5.90. The molecule has 0 spiro atoms. The van der Waals surface area contributed by atoms with Gasteiger partial charge in [0.25, 0.3) is 0 Å². The minimum atomic E-state index is -3.43. The number of nitrogens with two attached hydrogens (primary N) is 1. The molecular weight excluding hydrogens is 370 g/mol. The van der Waals surface area contributed by atoms with E-state index in [2.05, 4.69) is 10.0 Å². The van der Waals surface area contributed by atoms with Crippen molar-refractivity contribution >= 4 is 28.3 Å². The predicted octanol–water partition coefficient (Wildman–Crippen LogP) is -0.233. The van der Waals surface area contributed by atoms with Crippen LogP contribution in [0.2, 0.25) is 0 Å². The Morgan fingerprint density at radius 1 is 1.16 bits per heavy atom. The largest absolute Gasteiger partial charge is 0.381 e. The zero-order valence-corrected chi connectivity index (χ0v) is 16.1. The van der Waals surface area contributed by atoms with Crippen LogP contribution in [0.15, 0.2) is 0 Å². The zero-order chi connectivity index (χ0) is 17.4. The lowest BCUT2D eigenvalue weighted by molar-refractivity contribution is -0.124. The summed E-state index contributed by atoms with van der Waals surface area (Å²) in [5, 5.41) is 2.62. The molecule has 2 fully saturated rings. The highest BCUT2D eigenvalue weighted by atomic mass is 35.5. The summed E-state index contributed by atoms with van der Waals surface area (Å²) in [5.41, 5.74) is 5.95. The third-order valence-electron chi connectivity index (χ3n) is 4.55. The molecule has 0 aromatic heterocycles. The second kappa shape index (κ2) is 11.3. The first-order chi connectivity index (χ1) is 11.5. The van der Waals surface area contributed by atoms with Crippen molar-refractivity contribution in [1.29, 1.82) is 0 Å². The Labute approximate surface area is 156 Å². The predicted molar refractivity (Wildman–Crippen MR) is 97.2 cm³/mol. The number of ether oxygens (including phenoxy) is 2. The second-order valence-electron chi connectivity index (χ2n) is 6.42. The highest BCUT2D eigenvalue weighted by Gasteiger charge is 2.26. The molecule has 10 heteroatoms. The number of hydrogen-bond acceptors (Lipinski definition) is 6. The molecule has 1 amide bonds. The number of sulfonamides is 1. The maximum atomic E-state index is 12.0. The van der Waals surface area contributed by atoms with Crippen LogP contribution in [-0.4, -0.2) is 65.1 Å².